The van der Waals surface area contributed by atoms with Crippen LogP contribution < -0.4 is 4.90 Å². The third-order valence-corrected chi connectivity index (χ3v) is 2.76. The van der Waals surface area contributed by atoms with E-state index >= 15 is 0 Å². The SMILES string of the molecule is CCC(C)CN(C)c1cc(F)cc(C=O)c1. The Hall–Kier alpha value is -1.38. The van der Waals surface area contributed by atoms with Gasteiger partial charge in [-0.2, -0.15) is 0 Å². The first-order valence-electron chi connectivity index (χ1n) is 5.53. The molecule has 0 aliphatic carbocycles. The third kappa shape index (κ3) is 3.33. The van der Waals surface area contributed by atoms with E-state index in [0.717, 1.165) is 18.7 Å². The van der Waals surface area contributed by atoms with Crippen LogP contribution in [0.25, 0.3) is 0 Å². The zero-order chi connectivity index (χ0) is 12.1. The van der Waals surface area contributed by atoms with E-state index in [1.54, 1.807) is 6.07 Å². The van der Waals surface area contributed by atoms with Gasteiger partial charge in [-0.3, -0.25) is 4.79 Å². The lowest BCUT2D eigenvalue weighted by Crippen LogP contribution is -2.23. The molecule has 0 aliphatic rings. The van der Waals surface area contributed by atoms with Gasteiger partial charge in [-0.1, -0.05) is 20.3 Å². The zero-order valence-electron chi connectivity index (χ0n) is 10.0. The van der Waals surface area contributed by atoms with Gasteiger partial charge < -0.3 is 4.90 Å². The average Bonchev–Trinajstić information content (AvgIpc) is 2.27. The van der Waals surface area contributed by atoms with Crippen LogP contribution in [0.15, 0.2) is 18.2 Å². The van der Waals surface area contributed by atoms with E-state index in [1.165, 1.54) is 12.1 Å². The standard InChI is InChI=1S/C13H18FNO/c1-4-10(2)8-15(3)13-6-11(9-16)5-12(14)7-13/h5-7,9-10H,4,8H2,1-3H3. The summed E-state index contributed by atoms with van der Waals surface area (Å²) in [7, 11) is 1.91. The maximum absolute atomic E-state index is 13.2. The smallest absolute Gasteiger partial charge is 0.150 e. The fourth-order valence-corrected chi connectivity index (χ4v) is 1.59. The van der Waals surface area contributed by atoms with Crippen LogP contribution in [0.3, 0.4) is 0 Å². The Kier molecular flexibility index (Phi) is 4.47. The van der Waals surface area contributed by atoms with Gasteiger partial charge in [0.15, 0.2) is 0 Å². The molecule has 0 spiro atoms. The molecule has 0 N–H and O–H groups in total. The Bertz CT molecular complexity index is 365. The fraction of sp³-hybridized carbons (Fsp3) is 0.462. The zero-order valence-corrected chi connectivity index (χ0v) is 10.0. The van der Waals surface area contributed by atoms with Gasteiger partial charge in [0, 0.05) is 24.8 Å². The minimum atomic E-state index is -0.365. The second kappa shape index (κ2) is 5.64. The Morgan fingerprint density at radius 1 is 1.44 bits per heavy atom. The van der Waals surface area contributed by atoms with Gasteiger partial charge in [0.05, 0.1) is 0 Å². The molecular weight excluding hydrogens is 205 g/mol. The van der Waals surface area contributed by atoms with Crippen molar-refractivity contribution in [2.45, 2.75) is 20.3 Å². The minimum Gasteiger partial charge on any atom is -0.374 e. The lowest BCUT2D eigenvalue weighted by molar-refractivity contribution is 0.112. The van der Waals surface area contributed by atoms with Crippen LogP contribution in [0.4, 0.5) is 10.1 Å². The third-order valence-electron chi connectivity index (χ3n) is 2.76. The summed E-state index contributed by atoms with van der Waals surface area (Å²) in [6.45, 7) is 5.13. The molecule has 0 aromatic heterocycles. The molecule has 0 heterocycles. The van der Waals surface area contributed by atoms with Crippen LogP contribution in [0.1, 0.15) is 30.6 Å². The first-order valence-corrected chi connectivity index (χ1v) is 5.53. The highest BCUT2D eigenvalue weighted by Crippen LogP contribution is 2.18. The Morgan fingerprint density at radius 2 is 2.12 bits per heavy atom. The molecule has 0 radical (unpaired) electrons. The van der Waals surface area contributed by atoms with Crippen molar-refractivity contribution in [1.29, 1.82) is 0 Å². The first-order chi connectivity index (χ1) is 7.56. The second-order valence-corrected chi connectivity index (χ2v) is 4.25. The van der Waals surface area contributed by atoms with Gasteiger partial charge in [-0.25, -0.2) is 4.39 Å². The molecule has 3 heteroatoms. The van der Waals surface area contributed by atoms with Gasteiger partial charge in [0.25, 0.3) is 0 Å². The molecule has 1 unspecified atom stereocenters. The number of rotatable bonds is 5. The highest BCUT2D eigenvalue weighted by Gasteiger charge is 2.08. The summed E-state index contributed by atoms with van der Waals surface area (Å²) < 4.78 is 13.2. The maximum Gasteiger partial charge on any atom is 0.150 e. The number of benzene rings is 1. The first kappa shape index (κ1) is 12.7. The summed E-state index contributed by atoms with van der Waals surface area (Å²) in [5.74, 6) is 0.184. The van der Waals surface area contributed by atoms with Gasteiger partial charge in [-0.15, -0.1) is 0 Å². The van der Waals surface area contributed by atoms with Crippen molar-refractivity contribution < 1.29 is 9.18 Å². The van der Waals surface area contributed by atoms with Crippen molar-refractivity contribution in [2.24, 2.45) is 5.92 Å². The molecule has 0 saturated carbocycles. The van der Waals surface area contributed by atoms with Crippen LogP contribution in [-0.4, -0.2) is 19.9 Å². The molecule has 88 valence electrons. The van der Waals surface area contributed by atoms with E-state index in [0.29, 0.717) is 17.8 Å². The van der Waals surface area contributed by atoms with Crippen LogP contribution in [0.5, 0.6) is 0 Å². The van der Waals surface area contributed by atoms with Crippen molar-refractivity contribution in [3.63, 3.8) is 0 Å². The van der Waals surface area contributed by atoms with Gasteiger partial charge in [-0.05, 0) is 24.1 Å². The lowest BCUT2D eigenvalue weighted by Gasteiger charge is -2.23. The van der Waals surface area contributed by atoms with Crippen molar-refractivity contribution in [2.75, 3.05) is 18.5 Å². The lowest BCUT2D eigenvalue weighted by atomic mass is 10.1. The van der Waals surface area contributed by atoms with E-state index in [-0.39, 0.29) is 5.82 Å². The maximum atomic E-state index is 13.2. The number of anilines is 1. The highest BCUT2D eigenvalue weighted by atomic mass is 19.1. The Morgan fingerprint density at radius 3 is 2.69 bits per heavy atom. The molecule has 0 amide bonds. The Labute approximate surface area is 96.1 Å². The van der Waals surface area contributed by atoms with Crippen molar-refractivity contribution in [1.82, 2.24) is 0 Å². The normalized spacial score (nSPS) is 12.2. The molecular formula is C13H18FNO. The van der Waals surface area contributed by atoms with E-state index in [9.17, 15) is 9.18 Å². The van der Waals surface area contributed by atoms with Gasteiger partial charge in [0.1, 0.15) is 12.1 Å². The highest BCUT2D eigenvalue weighted by molar-refractivity contribution is 5.77. The monoisotopic (exact) mass is 223 g/mol. The van der Waals surface area contributed by atoms with Crippen LogP contribution >= 0.6 is 0 Å². The molecule has 2 nitrogen and oxygen atoms in total. The number of hydrogen-bond acceptors (Lipinski definition) is 2. The minimum absolute atomic E-state index is 0.365. The number of nitrogens with zero attached hydrogens (tertiary/aromatic N) is 1. The molecule has 16 heavy (non-hydrogen) atoms. The molecule has 1 atom stereocenters. The number of aldehydes is 1. The predicted octanol–water partition coefficient (Wildman–Crippen LogP) is 3.12. The predicted molar refractivity (Wildman–Crippen MR) is 64.5 cm³/mol. The number of hydrogen-bond donors (Lipinski definition) is 0. The van der Waals surface area contributed by atoms with Gasteiger partial charge in [0.2, 0.25) is 0 Å². The van der Waals surface area contributed by atoms with Crippen molar-refractivity contribution in [3.05, 3.63) is 29.6 Å². The van der Waals surface area contributed by atoms with Crippen LogP contribution in [0.2, 0.25) is 0 Å². The summed E-state index contributed by atoms with van der Waals surface area (Å²) in [4.78, 5) is 12.6. The molecule has 1 rings (SSSR count). The molecule has 0 bridgehead atoms. The molecule has 0 aliphatic heterocycles. The summed E-state index contributed by atoms with van der Waals surface area (Å²) in [6, 6.07) is 4.40. The van der Waals surface area contributed by atoms with E-state index in [4.69, 9.17) is 0 Å². The number of carbonyl (C=O) groups excluding carboxylic acids is 1. The molecule has 0 saturated heterocycles. The average molecular weight is 223 g/mol. The molecule has 1 aromatic rings. The van der Waals surface area contributed by atoms with E-state index in [1.807, 2.05) is 11.9 Å². The van der Waals surface area contributed by atoms with E-state index < -0.39 is 0 Å². The van der Waals surface area contributed by atoms with E-state index in [2.05, 4.69) is 13.8 Å². The summed E-state index contributed by atoms with van der Waals surface area (Å²) in [5.41, 5.74) is 1.13. The molecule has 0 fully saturated rings. The fourth-order valence-electron chi connectivity index (χ4n) is 1.59. The van der Waals surface area contributed by atoms with Crippen molar-refractivity contribution >= 4 is 12.0 Å². The Balaban J connectivity index is 2.86. The largest absolute Gasteiger partial charge is 0.374 e. The van der Waals surface area contributed by atoms with Gasteiger partial charge >= 0.3 is 0 Å². The number of halogens is 1. The van der Waals surface area contributed by atoms with Crippen LogP contribution in [-0.2, 0) is 0 Å². The summed E-state index contributed by atoms with van der Waals surface area (Å²) >= 11 is 0. The molecule has 1 aromatic carbocycles. The van der Waals surface area contributed by atoms with Crippen molar-refractivity contribution in [3.8, 4) is 0 Å². The quantitative estimate of drug-likeness (QED) is 0.715. The second-order valence-electron chi connectivity index (χ2n) is 4.25. The number of carbonyl (C=O) groups is 1. The van der Waals surface area contributed by atoms with Crippen LogP contribution in [0, 0.1) is 11.7 Å². The summed E-state index contributed by atoms with van der Waals surface area (Å²) in [6.07, 6.45) is 1.75. The summed E-state index contributed by atoms with van der Waals surface area (Å²) in [5, 5.41) is 0. The topological polar surface area (TPSA) is 20.3 Å².